The maximum atomic E-state index is 12.8. The molecular weight excluding hydrogens is 370 g/mol. The molecule has 7 nitrogen and oxygen atoms in total. The number of fused-ring (bicyclic) bond motifs is 1. The number of benzene rings is 2. The molecule has 1 heterocycles. The first-order valence-corrected chi connectivity index (χ1v) is 9.37. The molecule has 2 unspecified atom stereocenters. The van der Waals surface area contributed by atoms with Crippen LogP contribution in [0.3, 0.4) is 0 Å². The molecule has 7 heteroatoms. The number of para-hydroxylation sites is 2. The monoisotopic (exact) mass is 395 g/mol. The molecule has 0 saturated carbocycles. The van der Waals surface area contributed by atoms with Gasteiger partial charge in [-0.15, -0.1) is 0 Å². The first-order valence-electron chi connectivity index (χ1n) is 9.37. The van der Waals surface area contributed by atoms with Crippen LogP contribution in [0, 0.1) is 0 Å². The molecule has 0 spiro atoms. The molecule has 0 fully saturated rings. The van der Waals surface area contributed by atoms with Gasteiger partial charge in [-0.1, -0.05) is 12.1 Å². The fourth-order valence-corrected chi connectivity index (χ4v) is 3.28. The summed E-state index contributed by atoms with van der Waals surface area (Å²) in [4.78, 5) is 29.6. The van der Waals surface area contributed by atoms with Gasteiger partial charge in [0.25, 0.3) is 5.91 Å². The van der Waals surface area contributed by atoms with E-state index in [1.54, 1.807) is 32.2 Å². The summed E-state index contributed by atoms with van der Waals surface area (Å²) in [5.41, 5.74) is 2.08. The molecule has 0 aliphatic rings. The zero-order chi connectivity index (χ0) is 21.1. The molecule has 0 aliphatic carbocycles. The second-order valence-electron chi connectivity index (χ2n) is 6.88. The van der Waals surface area contributed by atoms with E-state index < -0.39 is 12.1 Å². The zero-order valence-corrected chi connectivity index (χ0v) is 17.2. The van der Waals surface area contributed by atoms with Crippen LogP contribution in [-0.2, 0) is 4.79 Å². The van der Waals surface area contributed by atoms with Crippen molar-refractivity contribution in [3.05, 3.63) is 53.9 Å². The Morgan fingerprint density at radius 1 is 1.03 bits per heavy atom. The summed E-state index contributed by atoms with van der Waals surface area (Å²) in [6.07, 6.45) is 0. The van der Waals surface area contributed by atoms with Crippen LogP contribution < -0.4 is 14.8 Å². The maximum Gasteiger partial charge on any atom is 0.251 e. The van der Waals surface area contributed by atoms with Crippen LogP contribution in [0.2, 0.25) is 0 Å². The molecule has 0 saturated heterocycles. The highest BCUT2D eigenvalue weighted by Gasteiger charge is 2.24. The average Bonchev–Trinajstić information content (AvgIpc) is 3.12. The number of carbonyl (C=O) groups excluding carboxylic acids is 2. The van der Waals surface area contributed by atoms with Crippen LogP contribution in [0.1, 0.15) is 49.0 Å². The number of imidazole rings is 1. The van der Waals surface area contributed by atoms with Crippen molar-refractivity contribution >= 4 is 22.7 Å². The molecule has 0 radical (unpaired) electrons. The number of methoxy groups -OCH3 is 2. The number of nitrogens with one attached hydrogen (secondary N) is 1. The topological polar surface area (TPSA) is 82.5 Å². The quantitative estimate of drug-likeness (QED) is 0.660. The summed E-state index contributed by atoms with van der Waals surface area (Å²) in [6.45, 7) is 5.24. The van der Waals surface area contributed by atoms with Crippen LogP contribution in [0.5, 0.6) is 11.5 Å². The minimum atomic E-state index is -0.412. The minimum Gasteiger partial charge on any atom is -0.493 e. The number of ketones is 1. The van der Waals surface area contributed by atoms with Crippen molar-refractivity contribution in [1.29, 1.82) is 0 Å². The van der Waals surface area contributed by atoms with E-state index in [0.717, 1.165) is 11.0 Å². The Hall–Kier alpha value is -3.35. The highest BCUT2D eigenvalue weighted by Crippen LogP contribution is 2.29. The lowest BCUT2D eigenvalue weighted by Gasteiger charge is -2.20. The fourth-order valence-electron chi connectivity index (χ4n) is 3.28. The summed E-state index contributed by atoms with van der Waals surface area (Å²) in [6, 6.07) is 11.8. The van der Waals surface area contributed by atoms with E-state index in [1.807, 2.05) is 42.7 Å². The van der Waals surface area contributed by atoms with Crippen LogP contribution in [0.25, 0.3) is 11.0 Å². The lowest BCUT2D eigenvalue weighted by Crippen LogP contribution is -2.30. The number of aromatic nitrogens is 2. The van der Waals surface area contributed by atoms with Crippen LogP contribution in [0.4, 0.5) is 0 Å². The summed E-state index contributed by atoms with van der Waals surface area (Å²) < 4.78 is 12.4. The van der Waals surface area contributed by atoms with Gasteiger partial charge in [0.05, 0.1) is 37.3 Å². The predicted molar refractivity (Wildman–Crippen MR) is 111 cm³/mol. The molecule has 0 aliphatic heterocycles. The molecule has 1 aromatic heterocycles. The minimum absolute atomic E-state index is 0.0211. The number of nitrogens with zero attached hydrogens (tertiary/aromatic N) is 2. The molecule has 152 valence electrons. The molecule has 0 bridgehead atoms. The van der Waals surface area contributed by atoms with Gasteiger partial charge in [-0.2, -0.15) is 0 Å². The molecule has 29 heavy (non-hydrogen) atoms. The molecule has 3 aromatic rings. The third kappa shape index (κ3) is 3.94. The second-order valence-corrected chi connectivity index (χ2v) is 6.88. The molecular formula is C22H25N3O4. The third-order valence-electron chi connectivity index (χ3n) is 4.98. The van der Waals surface area contributed by atoms with Crippen molar-refractivity contribution in [1.82, 2.24) is 14.9 Å². The maximum absolute atomic E-state index is 12.8. The van der Waals surface area contributed by atoms with Gasteiger partial charge < -0.3 is 19.4 Å². The molecule has 2 aromatic carbocycles. The van der Waals surface area contributed by atoms with E-state index in [-0.39, 0.29) is 11.7 Å². The smallest absolute Gasteiger partial charge is 0.251 e. The van der Waals surface area contributed by atoms with Gasteiger partial charge in [-0.25, -0.2) is 4.98 Å². The molecule has 2 atom stereocenters. The Morgan fingerprint density at radius 3 is 2.38 bits per heavy atom. The van der Waals surface area contributed by atoms with Gasteiger partial charge >= 0.3 is 0 Å². The SMILES string of the molecule is COc1ccc(C(=O)NC(C)c2nc3ccccc3n2C(C)C(C)=O)cc1OC. The van der Waals surface area contributed by atoms with E-state index >= 15 is 0 Å². The van der Waals surface area contributed by atoms with Crippen LogP contribution in [0.15, 0.2) is 42.5 Å². The Bertz CT molecular complexity index is 1060. The number of rotatable bonds is 7. The Labute approximate surface area is 169 Å². The zero-order valence-electron chi connectivity index (χ0n) is 17.2. The van der Waals surface area contributed by atoms with Crippen molar-refractivity contribution < 1.29 is 19.1 Å². The summed E-state index contributed by atoms with van der Waals surface area (Å²) in [5.74, 6) is 1.41. The molecule has 3 rings (SSSR count). The van der Waals surface area contributed by atoms with E-state index in [9.17, 15) is 9.59 Å². The standard InChI is InChI=1S/C22H25N3O4/c1-13(23-22(27)16-10-11-19(28-4)20(12-16)29-5)21-24-17-8-6-7-9-18(17)25(21)14(2)15(3)26/h6-14H,1-5H3,(H,23,27). The van der Waals surface area contributed by atoms with Crippen LogP contribution in [-0.4, -0.2) is 35.5 Å². The lowest BCUT2D eigenvalue weighted by molar-refractivity contribution is -0.119. The lowest BCUT2D eigenvalue weighted by atomic mass is 10.1. The largest absolute Gasteiger partial charge is 0.493 e. The number of amides is 1. The normalized spacial score (nSPS) is 13.0. The Kier molecular flexibility index (Phi) is 5.87. The first kappa shape index (κ1) is 20.4. The van der Waals surface area contributed by atoms with Gasteiger partial charge in [0, 0.05) is 5.56 Å². The van der Waals surface area contributed by atoms with Crippen molar-refractivity contribution in [2.75, 3.05) is 14.2 Å². The van der Waals surface area contributed by atoms with E-state index in [2.05, 4.69) is 10.3 Å². The number of hydrogen-bond acceptors (Lipinski definition) is 5. The number of Topliss-reactive ketones (excluding diaryl/α,β-unsaturated/α-hetero) is 1. The van der Waals surface area contributed by atoms with Gasteiger partial charge in [0.2, 0.25) is 0 Å². The van der Waals surface area contributed by atoms with Gasteiger partial charge in [0.15, 0.2) is 17.3 Å². The fraction of sp³-hybridized carbons (Fsp3) is 0.318. The second kappa shape index (κ2) is 8.34. The Balaban J connectivity index is 1.94. The van der Waals surface area contributed by atoms with Crippen molar-refractivity contribution in [2.24, 2.45) is 0 Å². The van der Waals surface area contributed by atoms with E-state index in [4.69, 9.17) is 9.47 Å². The van der Waals surface area contributed by atoms with Crippen LogP contribution >= 0.6 is 0 Å². The first-order chi connectivity index (χ1) is 13.9. The predicted octanol–water partition coefficient (Wildman–Crippen LogP) is 3.69. The van der Waals surface area contributed by atoms with Gasteiger partial charge in [-0.3, -0.25) is 9.59 Å². The van der Waals surface area contributed by atoms with E-state index in [1.165, 1.54) is 7.11 Å². The van der Waals surface area contributed by atoms with Crippen molar-refractivity contribution in [3.63, 3.8) is 0 Å². The summed E-state index contributed by atoms with van der Waals surface area (Å²) in [5, 5.41) is 2.97. The number of ether oxygens (including phenoxy) is 2. The molecule has 1 amide bonds. The van der Waals surface area contributed by atoms with Gasteiger partial charge in [-0.05, 0) is 51.1 Å². The van der Waals surface area contributed by atoms with Gasteiger partial charge in [0.1, 0.15) is 5.82 Å². The van der Waals surface area contributed by atoms with Crippen molar-refractivity contribution in [3.8, 4) is 11.5 Å². The highest BCUT2D eigenvalue weighted by atomic mass is 16.5. The van der Waals surface area contributed by atoms with Crippen molar-refractivity contribution in [2.45, 2.75) is 32.9 Å². The summed E-state index contributed by atoms with van der Waals surface area (Å²) in [7, 11) is 3.06. The van der Waals surface area contributed by atoms with E-state index in [0.29, 0.717) is 22.9 Å². The molecule has 1 N–H and O–H groups in total. The number of carbonyl (C=O) groups is 2. The Morgan fingerprint density at radius 2 is 1.72 bits per heavy atom. The highest BCUT2D eigenvalue weighted by molar-refractivity contribution is 5.95. The number of hydrogen-bond donors (Lipinski definition) is 1. The summed E-state index contributed by atoms with van der Waals surface area (Å²) >= 11 is 0. The average molecular weight is 395 g/mol. The third-order valence-corrected chi connectivity index (χ3v) is 4.98.